The van der Waals surface area contributed by atoms with E-state index in [9.17, 15) is 13.2 Å². The number of ether oxygens (including phenoxy) is 2. The lowest BCUT2D eigenvalue weighted by atomic mass is 10.1. The molecule has 0 spiro atoms. The third-order valence-electron chi connectivity index (χ3n) is 3.99. The number of rotatable bonds is 7. The van der Waals surface area contributed by atoms with Gasteiger partial charge in [0.05, 0.1) is 24.2 Å². The summed E-state index contributed by atoms with van der Waals surface area (Å²) in [6.45, 7) is 1.95. The zero-order valence-electron chi connectivity index (χ0n) is 15.4. The molecule has 0 aromatic heterocycles. The van der Waals surface area contributed by atoms with Crippen molar-refractivity contribution in [2.45, 2.75) is 18.2 Å². The number of methoxy groups -OCH3 is 1. The summed E-state index contributed by atoms with van der Waals surface area (Å²) >= 11 is 0. The maximum atomic E-state index is 12.4. The van der Waals surface area contributed by atoms with Crippen molar-refractivity contribution in [3.63, 3.8) is 0 Å². The highest BCUT2D eigenvalue weighted by Crippen LogP contribution is 2.19. The number of benzene rings is 2. The second-order valence-electron chi connectivity index (χ2n) is 6.00. The average molecular weight is 377 g/mol. The Morgan fingerprint density at radius 1 is 1.08 bits per heavy atom. The van der Waals surface area contributed by atoms with Crippen LogP contribution in [0.4, 0.5) is 0 Å². The van der Waals surface area contributed by atoms with E-state index >= 15 is 0 Å². The summed E-state index contributed by atoms with van der Waals surface area (Å²) in [6.07, 6.45) is 0.560. The van der Waals surface area contributed by atoms with Gasteiger partial charge in [0, 0.05) is 20.5 Å². The van der Waals surface area contributed by atoms with Crippen molar-refractivity contribution < 1.29 is 22.7 Å². The largest absolute Gasteiger partial charge is 0.497 e. The summed E-state index contributed by atoms with van der Waals surface area (Å²) in [5.74, 6) is 0.229. The smallest absolute Gasteiger partial charge is 0.338 e. The van der Waals surface area contributed by atoms with E-state index in [1.807, 2.05) is 24.3 Å². The van der Waals surface area contributed by atoms with Gasteiger partial charge < -0.3 is 9.47 Å². The Hall–Kier alpha value is -2.38. The molecule has 0 fully saturated rings. The highest BCUT2D eigenvalue weighted by atomic mass is 32.2. The lowest BCUT2D eigenvalue weighted by Crippen LogP contribution is -2.22. The Bertz CT molecular complexity index is 873. The highest BCUT2D eigenvalue weighted by Gasteiger charge is 2.20. The molecule has 0 amide bonds. The predicted octanol–water partition coefficient (Wildman–Crippen LogP) is 2.65. The molecule has 2 aromatic carbocycles. The van der Waals surface area contributed by atoms with Gasteiger partial charge in [0.1, 0.15) is 5.75 Å². The minimum Gasteiger partial charge on any atom is -0.497 e. The molecule has 0 saturated heterocycles. The molecule has 0 unspecified atom stereocenters. The summed E-state index contributed by atoms with van der Waals surface area (Å²) in [4.78, 5) is 12.4. The fourth-order valence-electron chi connectivity index (χ4n) is 2.32. The topological polar surface area (TPSA) is 72.9 Å². The van der Waals surface area contributed by atoms with Gasteiger partial charge in [-0.05, 0) is 42.3 Å². The Kier molecular flexibility index (Phi) is 6.39. The minimum absolute atomic E-state index is 0.0650. The predicted molar refractivity (Wildman–Crippen MR) is 99.0 cm³/mol. The van der Waals surface area contributed by atoms with Gasteiger partial charge in [-0.15, -0.1) is 0 Å². The van der Waals surface area contributed by atoms with Crippen LogP contribution in [0.2, 0.25) is 0 Å². The molecule has 0 heterocycles. The van der Waals surface area contributed by atoms with Crippen LogP contribution in [0.5, 0.6) is 5.75 Å². The van der Waals surface area contributed by atoms with Gasteiger partial charge in [0.25, 0.3) is 0 Å². The summed E-state index contributed by atoms with van der Waals surface area (Å²) < 4.78 is 36.0. The monoisotopic (exact) mass is 377 g/mol. The number of hydrogen-bond acceptors (Lipinski definition) is 5. The lowest BCUT2D eigenvalue weighted by molar-refractivity contribution is 0.0508. The molecule has 2 rings (SSSR count). The summed E-state index contributed by atoms with van der Waals surface area (Å²) in [6, 6.07) is 12.0. The Morgan fingerprint density at radius 2 is 1.73 bits per heavy atom. The number of aryl methyl sites for hydroxylation is 1. The summed E-state index contributed by atoms with van der Waals surface area (Å²) in [7, 11) is 0.888. The van der Waals surface area contributed by atoms with Crippen molar-refractivity contribution in [1.82, 2.24) is 4.31 Å². The first-order chi connectivity index (χ1) is 12.3. The number of nitrogens with zero attached hydrogens (tertiary/aromatic N) is 1. The average Bonchev–Trinajstić information content (AvgIpc) is 2.62. The van der Waals surface area contributed by atoms with Crippen molar-refractivity contribution in [3.05, 3.63) is 59.2 Å². The quantitative estimate of drug-likeness (QED) is 0.694. The fourth-order valence-corrected chi connectivity index (χ4v) is 3.25. The molecule has 0 saturated carbocycles. The second-order valence-corrected chi connectivity index (χ2v) is 8.15. The van der Waals surface area contributed by atoms with E-state index in [0.717, 1.165) is 15.6 Å². The van der Waals surface area contributed by atoms with Crippen LogP contribution in [0.15, 0.2) is 47.4 Å². The molecule has 140 valence electrons. The first-order valence-corrected chi connectivity index (χ1v) is 9.53. The first-order valence-electron chi connectivity index (χ1n) is 8.09. The SMILES string of the molecule is COc1ccc(CCOC(=O)c2cc(S(=O)(=O)N(C)C)ccc2C)cc1. The van der Waals surface area contributed by atoms with Crippen LogP contribution in [0.3, 0.4) is 0 Å². The van der Waals surface area contributed by atoms with E-state index in [2.05, 4.69) is 0 Å². The Morgan fingerprint density at radius 3 is 2.31 bits per heavy atom. The van der Waals surface area contributed by atoms with E-state index < -0.39 is 16.0 Å². The Balaban J connectivity index is 2.06. The van der Waals surface area contributed by atoms with Crippen molar-refractivity contribution >= 4 is 16.0 Å². The van der Waals surface area contributed by atoms with E-state index in [-0.39, 0.29) is 17.1 Å². The molecule has 0 atom stereocenters. The third kappa shape index (κ3) is 4.62. The molecule has 7 heteroatoms. The molecule has 0 aliphatic carbocycles. The van der Waals surface area contributed by atoms with Crippen LogP contribution >= 0.6 is 0 Å². The molecule has 0 N–H and O–H groups in total. The first kappa shape index (κ1) is 19.9. The van der Waals surface area contributed by atoms with Gasteiger partial charge in [-0.2, -0.15) is 0 Å². The number of hydrogen-bond donors (Lipinski definition) is 0. The third-order valence-corrected chi connectivity index (χ3v) is 5.80. The van der Waals surface area contributed by atoms with Gasteiger partial charge in [0.2, 0.25) is 10.0 Å². The normalized spacial score (nSPS) is 11.4. The van der Waals surface area contributed by atoms with E-state index in [1.54, 1.807) is 20.1 Å². The molecule has 0 aliphatic rings. The van der Waals surface area contributed by atoms with Gasteiger partial charge in [-0.25, -0.2) is 17.5 Å². The van der Waals surface area contributed by atoms with Crippen LogP contribution < -0.4 is 4.74 Å². The fraction of sp³-hybridized carbons (Fsp3) is 0.316. The maximum absolute atomic E-state index is 12.4. The second kappa shape index (κ2) is 8.33. The van der Waals surface area contributed by atoms with Crippen LogP contribution in [0.25, 0.3) is 0 Å². The minimum atomic E-state index is -3.61. The van der Waals surface area contributed by atoms with E-state index in [4.69, 9.17) is 9.47 Å². The number of carbonyl (C=O) groups is 1. The van der Waals surface area contributed by atoms with Gasteiger partial charge in [-0.3, -0.25) is 0 Å². The van der Waals surface area contributed by atoms with Crippen molar-refractivity contribution in [2.75, 3.05) is 27.8 Å². The van der Waals surface area contributed by atoms with Gasteiger partial charge in [0.15, 0.2) is 0 Å². The number of esters is 1. The Labute approximate surface area is 154 Å². The number of carbonyl (C=O) groups excluding carboxylic acids is 1. The van der Waals surface area contributed by atoms with Crippen LogP contribution in [0, 0.1) is 6.92 Å². The van der Waals surface area contributed by atoms with Crippen molar-refractivity contribution in [2.24, 2.45) is 0 Å². The van der Waals surface area contributed by atoms with Crippen LogP contribution in [0.1, 0.15) is 21.5 Å². The van der Waals surface area contributed by atoms with Gasteiger partial charge in [-0.1, -0.05) is 18.2 Å². The van der Waals surface area contributed by atoms with Crippen LogP contribution in [-0.4, -0.2) is 46.5 Å². The van der Waals surface area contributed by atoms with Crippen LogP contribution in [-0.2, 0) is 21.2 Å². The van der Waals surface area contributed by atoms with E-state index in [0.29, 0.717) is 12.0 Å². The van der Waals surface area contributed by atoms with E-state index in [1.165, 1.54) is 26.2 Å². The molecule has 0 aliphatic heterocycles. The highest BCUT2D eigenvalue weighted by molar-refractivity contribution is 7.89. The molecular formula is C19H23NO5S. The molecule has 0 bridgehead atoms. The van der Waals surface area contributed by atoms with Gasteiger partial charge >= 0.3 is 5.97 Å². The zero-order valence-corrected chi connectivity index (χ0v) is 16.2. The molecule has 2 aromatic rings. The molecule has 0 radical (unpaired) electrons. The molecule has 26 heavy (non-hydrogen) atoms. The molecule has 6 nitrogen and oxygen atoms in total. The molecular weight excluding hydrogens is 354 g/mol. The standard InChI is InChI=1S/C19H23NO5S/c1-14-5-10-17(26(22,23)20(2)3)13-18(14)19(21)25-12-11-15-6-8-16(24-4)9-7-15/h5-10,13H,11-12H2,1-4H3. The lowest BCUT2D eigenvalue weighted by Gasteiger charge is -2.13. The summed E-state index contributed by atoms with van der Waals surface area (Å²) in [5, 5.41) is 0. The number of sulfonamides is 1. The van der Waals surface area contributed by atoms with Crippen molar-refractivity contribution in [3.8, 4) is 5.75 Å². The summed E-state index contributed by atoms with van der Waals surface area (Å²) in [5.41, 5.74) is 1.93. The zero-order chi connectivity index (χ0) is 19.3. The van der Waals surface area contributed by atoms with Crippen molar-refractivity contribution in [1.29, 1.82) is 0 Å². The maximum Gasteiger partial charge on any atom is 0.338 e.